The number of anilines is 1. The molecule has 0 atom stereocenters. The number of carbonyl (C=O) groups excluding carboxylic acids is 1. The molecule has 2 aromatic heterocycles. The number of nitrogens with zero attached hydrogens (tertiary/aromatic N) is 6. The Morgan fingerprint density at radius 3 is 2.58 bits per heavy atom. The minimum atomic E-state index is -0.623. The molecular formula is C27H23FN8O4. The first-order valence-electron chi connectivity index (χ1n) is 11.9. The Hall–Kier alpha value is -5.59. The summed E-state index contributed by atoms with van der Waals surface area (Å²) in [6.45, 7) is 1.74. The zero-order valence-electron chi connectivity index (χ0n) is 21.4. The zero-order valence-corrected chi connectivity index (χ0v) is 21.4. The Bertz CT molecular complexity index is 1680. The molecular weight excluding hydrogens is 519 g/mol. The molecule has 5 rings (SSSR count). The maximum atomic E-state index is 14.0. The van der Waals surface area contributed by atoms with E-state index in [-0.39, 0.29) is 35.4 Å². The third-order valence-electron chi connectivity index (χ3n) is 5.88. The fourth-order valence-electron chi connectivity index (χ4n) is 3.80. The van der Waals surface area contributed by atoms with Crippen molar-refractivity contribution in [3.63, 3.8) is 0 Å². The highest BCUT2D eigenvalue weighted by molar-refractivity contribution is 6.02. The predicted molar refractivity (Wildman–Crippen MR) is 142 cm³/mol. The van der Waals surface area contributed by atoms with Crippen LogP contribution in [0.25, 0.3) is 17.1 Å². The lowest BCUT2D eigenvalue weighted by Gasteiger charge is -2.13. The third-order valence-corrected chi connectivity index (χ3v) is 5.88. The van der Waals surface area contributed by atoms with E-state index in [4.69, 9.17) is 15.2 Å². The molecule has 5 aromatic rings. The van der Waals surface area contributed by atoms with Gasteiger partial charge in [0.1, 0.15) is 18.1 Å². The Morgan fingerprint density at radius 2 is 1.85 bits per heavy atom. The van der Waals surface area contributed by atoms with Gasteiger partial charge in [-0.25, -0.2) is 14.4 Å². The van der Waals surface area contributed by atoms with Crippen molar-refractivity contribution in [2.45, 2.75) is 13.5 Å². The summed E-state index contributed by atoms with van der Waals surface area (Å²) < 4.78 is 31.0. The van der Waals surface area contributed by atoms with Gasteiger partial charge in [-0.1, -0.05) is 53.7 Å². The number of halogens is 1. The number of benzene rings is 3. The van der Waals surface area contributed by atoms with E-state index in [2.05, 4.69) is 35.8 Å². The number of carbonyl (C=O) groups is 1. The van der Waals surface area contributed by atoms with E-state index in [1.165, 1.54) is 13.2 Å². The second-order valence-corrected chi connectivity index (χ2v) is 8.42. The van der Waals surface area contributed by atoms with E-state index in [9.17, 15) is 9.18 Å². The van der Waals surface area contributed by atoms with Crippen LogP contribution in [0, 0.1) is 5.82 Å². The van der Waals surface area contributed by atoms with Gasteiger partial charge in [-0.2, -0.15) is 9.78 Å². The predicted octanol–water partition coefficient (Wildman–Crippen LogP) is 3.78. The van der Waals surface area contributed by atoms with Gasteiger partial charge in [-0.05, 0) is 41.5 Å². The highest BCUT2D eigenvalue weighted by Crippen LogP contribution is 2.29. The van der Waals surface area contributed by atoms with Gasteiger partial charge < -0.3 is 15.2 Å². The van der Waals surface area contributed by atoms with Crippen molar-refractivity contribution in [3.05, 3.63) is 95.4 Å². The molecule has 0 aliphatic carbocycles. The Kier molecular flexibility index (Phi) is 7.44. The Labute approximate surface area is 227 Å². The number of nitrogens with one attached hydrogen (secondary N) is 1. The number of hydrogen-bond acceptors (Lipinski definition) is 10. The van der Waals surface area contributed by atoms with Crippen LogP contribution in [0.2, 0.25) is 0 Å². The monoisotopic (exact) mass is 542 g/mol. The number of hydrogen-bond donors (Lipinski definition) is 2. The van der Waals surface area contributed by atoms with Crippen molar-refractivity contribution in [2.75, 3.05) is 12.8 Å². The highest BCUT2D eigenvalue weighted by atomic mass is 19.1. The molecule has 0 fully saturated rings. The average molecular weight is 543 g/mol. The molecule has 2 heterocycles. The molecule has 3 aromatic carbocycles. The summed E-state index contributed by atoms with van der Waals surface area (Å²) in [6, 6.07) is 20.5. The maximum absolute atomic E-state index is 14.0. The number of nitrogen functional groups attached to an aromatic ring is 1. The maximum Gasteiger partial charge on any atom is 0.292 e. The van der Waals surface area contributed by atoms with Gasteiger partial charge in [0, 0.05) is 16.7 Å². The molecule has 1 amide bonds. The largest absolute Gasteiger partial charge is 0.493 e. The molecule has 13 heteroatoms. The summed E-state index contributed by atoms with van der Waals surface area (Å²) >= 11 is 0. The van der Waals surface area contributed by atoms with E-state index >= 15 is 0 Å². The van der Waals surface area contributed by atoms with Crippen molar-refractivity contribution in [2.24, 2.45) is 5.10 Å². The number of hydrazone groups is 1. The standard InChI is InChI=1S/C27H23FN8O4/c1-16(18-12-13-21(22(14-18)38-2)39-15-19-10-6-7-11-20(19)28)30-32-27(37)24-23(17-8-4-3-5-9-17)31-35-36(24)26-25(29)33-40-34-26/h3-14H,15H2,1-2H3,(H2,29,33)(H,32,37)/b30-16+. The van der Waals surface area contributed by atoms with Gasteiger partial charge in [0.05, 0.1) is 12.8 Å². The summed E-state index contributed by atoms with van der Waals surface area (Å²) in [5.74, 6) is -0.197. The van der Waals surface area contributed by atoms with E-state index in [0.29, 0.717) is 33.9 Å². The topological polar surface area (TPSA) is 156 Å². The molecule has 40 heavy (non-hydrogen) atoms. The van der Waals surface area contributed by atoms with E-state index in [1.54, 1.807) is 55.5 Å². The first kappa shape index (κ1) is 26.0. The van der Waals surface area contributed by atoms with Gasteiger partial charge >= 0.3 is 0 Å². The van der Waals surface area contributed by atoms with Crippen molar-refractivity contribution in [1.29, 1.82) is 0 Å². The highest BCUT2D eigenvalue weighted by Gasteiger charge is 2.26. The number of aromatic nitrogens is 5. The molecule has 0 aliphatic heterocycles. The molecule has 0 aliphatic rings. The zero-order chi connectivity index (χ0) is 28.1. The van der Waals surface area contributed by atoms with Crippen LogP contribution in [0.5, 0.6) is 11.5 Å². The molecule has 0 saturated heterocycles. The van der Waals surface area contributed by atoms with Gasteiger partial charge in [-0.3, -0.25) is 4.79 Å². The van der Waals surface area contributed by atoms with Gasteiger partial charge in [-0.15, -0.1) is 5.10 Å². The molecule has 12 nitrogen and oxygen atoms in total. The first-order valence-corrected chi connectivity index (χ1v) is 11.9. The number of methoxy groups -OCH3 is 1. The molecule has 0 radical (unpaired) electrons. The Balaban J connectivity index is 1.38. The minimum absolute atomic E-state index is 0.0104. The van der Waals surface area contributed by atoms with Crippen LogP contribution < -0.4 is 20.6 Å². The van der Waals surface area contributed by atoms with Gasteiger partial charge in [0.15, 0.2) is 17.2 Å². The summed E-state index contributed by atoms with van der Waals surface area (Å²) in [6.07, 6.45) is 0. The van der Waals surface area contributed by atoms with Crippen molar-refractivity contribution in [3.8, 4) is 28.6 Å². The first-order chi connectivity index (χ1) is 19.5. The Morgan fingerprint density at radius 1 is 1.07 bits per heavy atom. The van der Waals surface area contributed by atoms with Crippen LogP contribution in [0.4, 0.5) is 10.2 Å². The number of ether oxygens (including phenoxy) is 2. The fourth-order valence-corrected chi connectivity index (χ4v) is 3.80. The molecule has 0 bridgehead atoms. The van der Waals surface area contributed by atoms with E-state index in [0.717, 1.165) is 4.68 Å². The number of amides is 1. The molecule has 0 unspecified atom stereocenters. The summed E-state index contributed by atoms with van der Waals surface area (Å²) in [7, 11) is 1.49. The SMILES string of the molecule is COc1cc(/C(C)=N/NC(=O)c2c(-c3ccccc3)nnn2-c2nonc2N)ccc1OCc1ccccc1F. The lowest BCUT2D eigenvalue weighted by Crippen LogP contribution is -2.23. The van der Waals surface area contributed by atoms with Crippen LogP contribution in [0.3, 0.4) is 0 Å². The molecule has 0 saturated carbocycles. The third kappa shape index (κ3) is 5.34. The number of rotatable bonds is 9. The van der Waals surface area contributed by atoms with Crippen molar-refractivity contribution >= 4 is 17.4 Å². The molecule has 0 spiro atoms. The van der Waals surface area contributed by atoms with Crippen LogP contribution in [-0.4, -0.2) is 44.0 Å². The second kappa shape index (κ2) is 11.4. The lowest BCUT2D eigenvalue weighted by molar-refractivity contribution is 0.0947. The van der Waals surface area contributed by atoms with Crippen molar-refractivity contribution < 1.29 is 23.3 Å². The molecule has 3 N–H and O–H groups in total. The van der Waals surface area contributed by atoms with Crippen LogP contribution in [0.15, 0.2) is 82.5 Å². The normalized spacial score (nSPS) is 11.3. The molecule has 202 valence electrons. The smallest absolute Gasteiger partial charge is 0.292 e. The lowest BCUT2D eigenvalue weighted by atomic mass is 10.1. The fraction of sp³-hybridized carbons (Fsp3) is 0.111. The second-order valence-electron chi connectivity index (χ2n) is 8.42. The van der Waals surface area contributed by atoms with E-state index in [1.807, 2.05) is 18.2 Å². The summed E-state index contributed by atoms with van der Waals surface area (Å²) in [5.41, 5.74) is 10.9. The van der Waals surface area contributed by atoms with Gasteiger partial charge in [0.25, 0.3) is 5.91 Å². The van der Waals surface area contributed by atoms with Crippen molar-refractivity contribution in [1.82, 2.24) is 30.7 Å². The van der Waals surface area contributed by atoms with Crippen LogP contribution in [0.1, 0.15) is 28.5 Å². The minimum Gasteiger partial charge on any atom is -0.493 e. The van der Waals surface area contributed by atoms with Crippen LogP contribution in [-0.2, 0) is 6.61 Å². The number of nitrogens with two attached hydrogens (primary N) is 1. The van der Waals surface area contributed by atoms with E-state index < -0.39 is 5.91 Å². The summed E-state index contributed by atoms with van der Waals surface area (Å²) in [4.78, 5) is 13.4. The summed E-state index contributed by atoms with van der Waals surface area (Å²) in [5, 5.41) is 19.7. The van der Waals surface area contributed by atoms with Gasteiger partial charge in [0.2, 0.25) is 11.6 Å². The average Bonchev–Trinajstić information content (AvgIpc) is 3.61. The van der Waals surface area contributed by atoms with Crippen LogP contribution >= 0.6 is 0 Å². The quantitative estimate of drug-likeness (QED) is 0.209.